The molecule has 1 aliphatic heterocycles. The number of hydrogen-bond donors (Lipinski definition) is 2. The molecule has 0 spiro atoms. The van der Waals surface area contributed by atoms with Crippen LogP contribution in [-0.4, -0.2) is 31.3 Å². The summed E-state index contributed by atoms with van der Waals surface area (Å²) >= 11 is 1.60. The lowest BCUT2D eigenvalue weighted by atomic mass is 9.81. The van der Waals surface area contributed by atoms with Crippen LogP contribution < -0.4 is 10.6 Å². The SMILES string of the molecule is Cc1ccc(SCC(=O)NCC2(C)CCNCC2)cc1. The largest absolute Gasteiger partial charge is 0.355 e. The van der Waals surface area contributed by atoms with Crippen LogP contribution in [0.1, 0.15) is 25.3 Å². The van der Waals surface area contributed by atoms with E-state index in [1.165, 1.54) is 5.56 Å². The molecule has 1 saturated heterocycles. The van der Waals surface area contributed by atoms with Crippen LogP contribution in [-0.2, 0) is 4.79 Å². The summed E-state index contributed by atoms with van der Waals surface area (Å²) in [6, 6.07) is 8.30. The molecule has 1 aromatic rings. The molecular weight excluding hydrogens is 268 g/mol. The number of amides is 1. The Morgan fingerprint density at radius 2 is 1.95 bits per heavy atom. The summed E-state index contributed by atoms with van der Waals surface area (Å²) in [4.78, 5) is 13.1. The molecule has 0 atom stereocenters. The summed E-state index contributed by atoms with van der Waals surface area (Å²) in [5.41, 5.74) is 1.51. The highest BCUT2D eigenvalue weighted by molar-refractivity contribution is 8.00. The first kappa shape index (κ1) is 15.4. The van der Waals surface area contributed by atoms with Crippen molar-refractivity contribution in [2.24, 2.45) is 5.41 Å². The molecule has 20 heavy (non-hydrogen) atoms. The average Bonchev–Trinajstić information content (AvgIpc) is 2.45. The van der Waals surface area contributed by atoms with Gasteiger partial charge in [-0.25, -0.2) is 0 Å². The van der Waals surface area contributed by atoms with E-state index in [9.17, 15) is 4.79 Å². The Hall–Kier alpha value is -1.00. The normalized spacial score (nSPS) is 17.7. The zero-order valence-electron chi connectivity index (χ0n) is 12.4. The molecule has 1 aliphatic rings. The van der Waals surface area contributed by atoms with Crippen molar-refractivity contribution in [3.05, 3.63) is 29.8 Å². The minimum absolute atomic E-state index is 0.135. The van der Waals surface area contributed by atoms with Gasteiger partial charge in [-0.2, -0.15) is 0 Å². The summed E-state index contributed by atoms with van der Waals surface area (Å²) in [5, 5.41) is 6.45. The van der Waals surface area contributed by atoms with Crippen LogP contribution in [0, 0.1) is 12.3 Å². The molecule has 1 fully saturated rings. The number of carbonyl (C=O) groups excluding carboxylic acids is 1. The Morgan fingerprint density at radius 3 is 2.60 bits per heavy atom. The second kappa shape index (κ2) is 7.14. The maximum absolute atomic E-state index is 11.9. The van der Waals surface area contributed by atoms with Gasteiger partial charge in [0.1, 0.15) is 0 Å². The standard InChI is InChI=1S/C16H24N2OS/c1-13-3-5-14(6-4-13)20-11-15(19)18-12-16(2)7-9-17-10-8-16/h3-6,17H,7-12H2,1-2H3,(H,18,19). The Kier molecular flexibility index (Phi) is 5.49. The van der Waals surface area contributed by atoms with E-state index in [2.05, 4.69) is 48.7 Å². The molecule has 0 aromatic heterocycles. The van der Waals surface area contributed by atoms with Crippen molar-refractivity contribution in [2.75, 3.05) is 25.4 Å². The monoisotopic (exact) mass is 292 g/mol. The van der Waals surface area contributed by atoms with Crippen LogP contribution in [0.15, 0.2) is 29.2 Å². The summed E-state index contributed by atoms with van der Waals surface area (Å²) in [5.74, 6) is 0.632. The molecule has 1 aromatic carbocycles. The van der Waals surface area contributed by atoms with E-state index in [0.29, 0.717) is 5.75 Å². The smallest absolute Gasteiger partial charge is 0.230 e. The summed E-state index contributed by atoms with van der Waals surface area (Å²) in [6.45, 7) is 7.25. The molecular formula is C16H24N2OS. The van der Waals surface area contributed by atoms with Gasteiger partial charge in [-0.15, -0.1) is 11.8 Å². The first-order valence-electron chi connectivity index (χ1n) is 7.24. The van der Waals surface area contributed by atoms with Gasteiger partial charge in [0.25, 0.3) is 0 Å². The number of thioether (sulfide) groups is 1. The van der Waals surface area contributed by atoms with Crippen LogP contribution in [0.2, 0.25) is 0 Å². The predicted octanol–water partition coefficient (Wildman–Crippen LogP) is 2.59. The minimum Gasteiger partial charge on any atom is -0.355 e. The molecule has 1 heterocycles. The predicted molar refractivity (Wildman–Crippen MR) is 85.1 cm³/mol. The number of carbonyl (C=O) groups is 1. The zero-order valence-corrected chi connectivity index (χ0v) is 13.2. The lowest BCUT2D eigenvalue weighted by molar-refractivity contribution is -0.119. The molecule has 1 amide bonds. The van der Waals surface area contributed by atoms with Gasteiger partial charge in [0.2, 0.25) is 5.91 Å². The average molecular weight is 292 g/mol. The van der Waals surface area contributed by atoms with Crippen LogP contribution in [0.5, 0.6) is 0 Å². The molecule has 2 rings (SSSR count). The van der Waals surface area contributed by atoms with Crippen molar-refractivity contribution in [1.82, 2.24) is 10.6 Å². The summed E-state index contributed by atoms with van der Waals surface area (Å²) in [7, 11) is 0. The summed E-state index contributed by atoms with van der Waals surface area (Å²) < 4.78 is 0. The van der Waals surface area contributed by atoms with Crippen molar-refractivity contribution in [3.63, 3.8) is 0 Å². The van der Waals surface area contributed by atoms with Crippen LogP contribution in [0.4, 0.5) is 0 Å². The van der Waals surface area contributed by atoms with Crippen molar-refractivity contribution < 1.29 is 4.79 Å². The maximum atomic E-state index is 11.9. The Morgan fingerprint density at radius 1 is 1.30 bits per heavy atom. The van der Waals surface area contributed by atoms with E-state index in [1.807, 2.05) is 0 Å². The minimum atomic E-state index is 0.135. The van der Waals surface area contributed by atoms with Gasteiger partial charge in [0.15, 0.2) is 0 Å². The number of piperidine rings is 1. The van der Waals surface area contributed by atoms with Crippen molar-refractivity contribution in [1.29, 1.82) is 0 Å². The van der Waals surface area contributed by atoms with Crippen LogP contribution in [0.3, 0.4) is 0 Å². The highest BCUT2D eigenvalue weighted by Gasteiger charge is 2.26. The molecule has 4 heteroatoms. The lowest BCUT2D eigenvalue weighted by Crippen LogP contribution is -2.43. The van der Waals surface area contributed by atoms with Gasteiger partial charge in [-0.3, -0.25) is 4.79 Å². The lowest BCUT2D eigenvalue weighted by Gasteiger charge is -2.34. The number of rotatable bonds is 5. The Bertz CT molecular complexity index is 438. The quantitative estimate of drug-likeness (QED) is 0.820. The van der Waals surface area contributed by atoms with E-state index in [4.69, 9.17) is 0 Å². The van der Waals surface area contributed by atoms with Gasteiger partial charge in [0.05, 0.1) is 5.75 Å². The Balaban J connectivity index is 1.71. The van der Waals surface area contributed by atoms with Gasteiger partial charge in [-0.05, 0) is 50.4 Å². The van der Waals surface area contributed by atoms with Crippen LogP contribution >= 0.6 is 11.8 Å². The third-order valence-corrected chi connectivity index (χ3v) is 4.93. The zero-order chi connectivity index (χ0) is 14.4. The molecule has 0 aliphatic carbocycles. The molecule has 0 radical (unpaired) electrons. The van der Waals surface area contributed by atoms with Crippen molar-refractivity contribution in [3.8, 4) is 0 Å². The molecule has 2 N–H and O–H groups in total. The van der Waals surface area contributed by atoms with Crippen LogP contribution in [0.25, 0.3) is 0 Å². The third kappa shape index (κ3) is 4.84. The molecule has 110 valence electrons. The number of hydrogen-bond acceptors (Lipinski definition) is 3. The van der Waals surface area contributed by atoms with Gasteiger partial charge >= 0.3 is 0 Å². The molecule has 0 bridgehead atoms. The number of aryl methyl sites for hydroxylation is 1. The van der Waals surface area contributed by atoms with E-state index < -0.39 is 0 Å². The van der Waals surface area contributed by atoms with Gasteiger partial charge in [0, 0.05) is 11.4 Å². The second-order valence-electron chi connectivity index (χ2n) is 5.94. The topological polar surface area (TPSA) is 41.1 Å². The van der Waals surface area contributed by atoms with Gasteiger partial charge in [-0.1, -0.05) is 24.6 Å². The molecule has 3 nitrogen and oxygen atoms in total. The summed E-state index contributed by atoms with van der Waals surface area (Å²) in [6.07, 6.45) is 2.27. The first-order chi connectivity index (χ1) is 9.57. The van der Waals surface area contributed by atoms with E-state index in [-0.39, 0.29) is 11.3 Å². The molecule has 0 unspecified atom stereocenters. The first-order valence-corrected chi connectivity index (χ1v) is 8.23. The second-order valence-corrected chi connectivity index (χ2v) is 6.99. The number of nitrogens with one attached hydrogen (secondary N) is 2. The van der Waals surface area contributed by atoms with E-state index in [1.54, 1.807) is 11.8 Å². The molecule has 0 saturated carbocycles. The fourth-order valence-corrected chi connectivity index (χ4v) is 3.08. The fraction of sp³-hybridized carbons (Fsp3) is 0.562. The van der Waals surface area contributed by atoms with Crippen molar-refractivity contribution in [2.45, 2.75) is 31.6 Å². The number of benzene rings is 1. The maximum Gasteiger partial charge on any atom is 0.230 e. The van der Waals surface area contributed by atoms with E-state index in [0.717, 1.165) is 37.4 Å². The van der Waals surface area contributed by atoms with Crippen molar-refractivity contribution >= 4 is 17.7 Å². The van der Waals surface area contributed by atoms with E-state index >= 15 is 0 Å². The third-order valence-electron chi connectivity index (χ3n) is 3.91. The Labute approximate surface area is 125 Å². The van der Waals surface area contributed by atoms with Gasteiger partial charge < -0.3 is 10.6 Å². The fourth-order valence-electron chi connectivity index (χ4n) is 2.35. The highest BCUT2D eigenvalue weighted by Crippen LogP contribution is 2.26. The highest BCUT2D eigenvalue weighted by atomic mass is 32.2.